The summed E-state index contributed by atoms with van der Waals surface area (Å²) in [6.45, 7) is 6.33. The number of hydrogen-bond acceptors (Lipinski definition) is 6. The first-order valence-electron chi connectivity index (χ1n) is 13.2. The lowest BCUT2D eigenvalue weighted by atomic mass is 10.0. The van der Waals surface area contributed by atoms with Crippen LogP contribution in [0.4, 0.5) is 10.7 Å². The molecule has 1 aromatic heterocycles. The van der Waals surface area contributed by atoms with Crippen LogP contribution in [0.15, 0.2) is 53.4 Å². The summed E-state index contributed by atoms with van der Waals surface area (Å²) in [6.07, 6.45) is 2.35. The number of carbonyl (C=O) groups is 2. The van der Waals surface area contributed by atoms with Crippen LogP contribution in [0.1, 0.15) is 57.0 Å². The van der Waals surface area contributed by atoms with E-state index in [-0.39, 0.29) is 16.7 Å². The zero-order valence-corrected chi connectivity index (χ0v) is 24.4. The van der Waals surface area contributed by atoms with Crippen LogP contribution in [-0.2, 0) is 29.4 Å². The number of hydrogen-bond donors (Lipinski definition) is 1. The van der Waals surface area contributed by atoms with Gasteiger partial charge in [-0.05, 0) is 74.6 Å². The fourth-order valence-electron chi connectivity index (χ4n) is 5.23. The third-order valence-electron chi connectivity index (χ3n) is 7.44. The van der Waals surface area contributed by atoms with E-state index >= 15 is 0 Å². The molecule has 2 amide bonds. The number of thiophene rings is 1. The Balaban J connectivity index is 1.39. The van der Waals surface area contributed by atoms with Crippen LogP contribution in [0.5, 0.6) is 0 Å². The van der Waals surface area contributed by atoms with Crippen molar-refractivity contribution in [2.24, 2.45) is 0 Å². The summed E-state index contributed by atoms with van der Waals surface area (Å²) in [5.41, 5.74) is 3.61. The number of nitrogens with one attached hydrogen (secondary N) is 1. The van der Waals surface area contributed by atoms with Gasteiger partial charge in [-0.2, -0.15) is 0 Å². The molecule has 0 fully saturated rings. The number of nitrogens with zero attached hydrogens (tertiary/aromatic N) is 3. The van der Waals surface area contributed by atoms with Crippen molar-refractivity contribution in [2.45, 2.75) is 50.6 Å². The highest BCUT2D eigenvalue weighted by Crippen LogP contribution is 2.38. The number of rotatable bonds is 6. The predicted molar refractivity (Wildman–Crippen MR) is 155 cm³/mol. The van der Waals surface area contributed by atoms with E-state index in [1.807, 2.05) is 24.3 Å². The minimum atomic E-state index is -3.77. The van der Waals surface area contributed by atoms with Crippen molar-refractivity contribution < 1.29 is 18.0 Å². The van der Waals surface area contributed by atoms with Gasteiger partial charge in [0.1, 0.15) is 5.00 Å². The van der Waals surface area contributed by atoms with E-state index in [1.54, 1.807) is 14.1 Å². The minimum Gasteiger partial charge on any atom is -0.345 e. The highest BCUT2D eigenvalue weighted by atomic mass is 32.2. The number of fused-ring (bicyclic) bond motifs is 2. The maximum absolute atomic E-state index is 13.5. The number of anilines is 2. The molecule has 0 unspecified atom stereocenters. The summed E-state index contributed by atoms with van der Waals surface area (Å²) in [5, 5.41) is 3.49. The fourth-order valence-corrected chi connectivity index (χ4v) is 8.03. The molecule has 0 saturated heterocycles. The Labute approximate surface area is 234 Å². The summed E-state index contributed by atoms with van der Waals surface area (Å²) >= 11 is 1.45. The van der Waals surface area contributed by atoms with Crippen molar-refractivity contribution in [3.05, 3.63) is 75.7 Å². The molecule has 39 heavy (non-hydrogen) atoms. The number of carbonyl (C=O) groups excluding carboxylic acids is 2. The third-order valence-corrected chi connectivity index (χ3v) is 10.4. The monoisotopic (exact) mass is 566 g/mol. The van der Waals surface area contributed by atoms with Gasteiger partial charge in [0.15, 0.2) is 0 Å². The van der Waals surface area contributed by atoms with Crippen LogP contribution < -0.4 is 9.62 Å². The molecule has 5 rings (SSSR count). The van der Waals surface area contributed by atoms with Crippen molar-refractivity contribution in [3.8, 4) is 0 Å². The summed E-state index contributed by atoms with van der Waals surface area (Å²) in [4.78, 5) is 31.5. The molecule has 0 bridgehead atoms. The molecule has 0 aliphatic carbocycles. The van der Waals surface area contributed by atoms with Gasteiger partial charge in [0.2, 0.25) is 0 Å². The number of para-hydroxylation sites is 1. The first kappa shape index (κ1) is 27.4. The van der Waals surface area contributed by atoms with E-state index in [0.717, 1.165) is 48.4 Å². The molecule has 0 spiro atoms. The number of aryl methyl sites for hydroxylation is 1. The molecule has 0 atom stereocenters. The predicted octanol–water partition coefficient (Wildman–Crippen LogP) is 4.61. The van der Waals surface area contributed by atoms with Crippen molar-refractivity contribution in [1.82, 2.24) is 9.80 Å². The minimum absolute atomic E-state index is 0.135. The standard InChI is InChI=1S/C29H34N4O4S2/c1-19(2)32-17-15-23-25(18-32)38-28(26(23)29(35)31(3)4)30-27(34)21-11-13-22(14-12-21)39(36,37)33-16-7-9-20-8-5-6-10-24(20)33/h5-6,8,10-14,19H,7,9,15-18H2,1-4H3,(H,30,34). The second-order valence-corrected chi connectivity index (χ2v) is 13.5. The molecule has 2 aliphatic rings. The number of benzene rings is 2. The second kappa shape index (κ2) is 10.7. The van der Waals surface area contributed by atoms with Gasteiger partial charge in [-0.3, -0.25) is 18.8 Å². The first-order chi connectivity index (χ1) is 18.6. The summed E-state index contributed by atoms with van der Waals surface area (Å²) in [6, 6.07) is 14.0. The van der Waals surface area contributed by atoms with Crippen LogP contribution in [0.3, 0.4) is 0 Å². The normalized spacial score (nSPS) is 15.6. The lowest BCUT2D eigenvalue weighted by Gasteiger charge is -2.30. The van der Waals surface area contributed by atoms with Crippen LogP contribution in [-0.4, -0.2) is 63.3 Å². The van der Waals surface area contributed by atoms with Crippen molar-refractivity contribution >= 4 is 43.9 Å². The summed E-state index contributed by atoms with van der Waals surface area (Å²) < 4.78 is 28.4. The highest BCUT2D eigenvalue weighted by molar-refractivity contribution is 7.92. The van der Waals surface area contributed by atoms with Crippen molar-refractivity contribution in [3.63, 3.8) is 0 Å². The van der Waals surface area contributed by atoms with E-state index in [2.05, 4.69) is 24.1 Å². The van der Waals surface area contributed by atoms with Crippen molar-refractivity contribution in [2.75, 3.05) is 36.8 Å². The molecular weight excluding hydrogens is 532 g/mol. The van der Waals surface area contributed by atoms with Gasteiger partial charge in [-0.15, -0.1) is 11.3 Å². The molecule has 0 saturated carbocycles. The van der Waals surface area contributed by atoms with Gasteiger partial charge in [-0.1, -0.05) is 18.2 Å². The molecule has 2 aliphatic heterocycles. The molecule has 3 heterocycles. The SMILES string of the molecule is CC(C)N1CCc2c(sc(NC(=O)c3ccc(S(=O)(=O)N4CCCc5ccccc54)cc3)c2C(=O)N(C)C)C1. The first-order valence-corrected chi connectivity index (χ1v) is 15.5. The van der Waals surface area contributed by atoms with E-state index in [0.29, 0.717) is 34.4 Å². The zero-order chi connectivity index (χ0) is 27.9. The number of amides is 2. The van der Waals surface area contributed by atoms with E-state index in [4.69, 9.17) is 0 Å². The molecule has 2 aromatic carbocycles. The smallest absolute Gasteiger partial charge is 0.264 e. The molecule has 10 heteroatoms. The quantitative estimate of drug-likeness (QED) is 0.471. The van der Waals surface area contributed by atoms with Gasteiger partial charge in [0.05, 0.1) is 16.1 Å². The maximum atomic E-state index is 13.5. The maximum Gasteiger partial charge on any atom is 0.264 e. The van der Waals surface area contributed by atoms with Crippen LogP contribution in [0.25, 0.3) is 0 Å². The Bertz CT molecular complexity index is 1510. The second-order valence-electron chi connectivity index (χ2n) is 10.5. The molecule has 206 valence electrons. The topological polar surface area (TPSA) is 90.0 Å². The largest absolute Gasteiger partial charge is 0.345 e. The van der Waals surface area contributed by atoms with Gasteiger partial charge in [0, 0.05) is 50.2 Å². The van der Waals surface area contributed by atoms with Crippen LogP contribution in [0, 0.1) is 0 Å². The Morgan fingerprint density at radius 3 is 2.41 bits per heavy atom. The van der Waals surface area contributed by atoms with Gasteiger partial charge in [-0.25, -0.2) is 8.42 Å². The lowest BCUT2D eigenvalue weighted by Crippen LogP contribution is -2.36. The number of sulfonamides is 1. The zero-order valence-electron chi connectivity index (χ0n) is 22.7. The molecular formula is C29H34N4O4S2. The molecule has 3 aromatic rings. The Hall–Kier alpha value is -3.21. The molecule has 0 radical (unpaired) electrons. The van der Waals surface area contributed by atoms with Gasteiger partial charge in [0.25, 0.3) is 21.8 Å². The molecule has 8 nitrogen and oxygen atoms in total. The Morgan fingerprint density at radius 2 is 1.72 bits per heavy atom. The van der Waals surface area contributed by atoms with Crippen LogP contribution >= 0.6 is 11.3 Å². The third kappa shape index (κ3) is 5.20. The Morgan fingerprint density at radius 1 is 1.00 bits per heavy atom. The summed E-state index contributed by atoms with van der Waals surface area (Å²) in [7, 11) is -0.351. The average Bonchev–Trinajstić information content (AvgIpc) is 3.28. The van der Waals surface area contributed by atoms with Crippen molar-refractivity contribution in [1.29, 1.82) is 0 Å². The van der Waals surface area contributed by atoms with Gasteiger partial charge >= 0.3 is 0 Å². The average molecular weight is 567 g/mol. The van der Waals surface area contributed by atoms with E-state index in [1.165, 1.54) is 44.8 Å². The lowest BCUT2D eigenvalue weighted by molar-refractivity contribution is 0.0827. The van der Waals surface area contributed by atoms with Crippen LogP contribution in [0.2, 0.25) is 0 Å². The van der Waals surface area contributed by atoms with Gasteiger partial charge < -0.3 is 10.2 Å². The molecule has 1 N–H and O–H groups in total. The highest BCUT2D eigenvalue weighted by Gasteiger charge is 2.31. The Kier molecular flexibility index (Phi) is 7.54. The summed E-state index contributed by atoms with van der Waals surface area (Å²) in [5.74, 6) is -0.515. The fraction of sp³-hybridized carbons (Fsp3) is 0.379. The van der Waals surface area contributed by atoms with E-state index in [9.17, 15) is 18.0 Å². The van der Waals surface area contributed by atoms with E-state index < -0.39 is 10.0 Å².